The second kappa shape index (κ2) is 7.92. The summed E-state index contributed by atoms with van der Waals surface area (Å²) in [5.74, 6) is -3.68. The van der Waals surface area contributed by atoms with Gasteiger partial charge in [0.15, 0.2) is 6.61 Å². The average Bonchev–Trinajstić information content (AvgIpc) is 3.10. The van der Waals surface area contributed by atoms with Crippen LogP contribution in [-0.4, -0.2) is 24.4 Å². The minimum atomic E-state index is -0.854. The highest BCUT2D eigenvalue weighted by molar-refractivity contribution is 7.20. The molecule has 0 fully saturated rings. The quantitative estimate of drug-likeness (QED) is 0.530. The maximum Gasteiger partial charge on any atom is 0.348 e. The lowest BCUT2D eigenvalue weighted by Crippen LogP contribution is -2.43. The van der Waals surface area contributed by atoms with Gasteiger partial charge in [0.1, 0.15) is 16.5 Å². The van der Waals surface area contributed by atoms with Crippen LogP contribution in [0.3, 0.4) is 0 Å². The Hall–Kier alpha value is -3.33. The van der Waals surface area contributed by atoms with E-state index in [-0.39, 0.29) is 15.8 Å². The van der Waals surface area contributed by atoms with Gasteiger partial charge in [-0.1, -0.05) is 18.2 Å². The highest BCUT2D eigenvalue weighted by Gasteiger charge is 2.16. The predicted molar refractivity (Wildman–Crippen MR) is 94.1 cm³/mol. The van der Waals surface area contributed by atoms with Crippen molar-refractivity contribution in [2.45, 2.75) is 0 Å². The Bertz CT molecular complexity index is 1040. The van der Waals surface area contributed by atoms with E-state index in [1.54, 1.807) is 6.07 Å². The molecule has 1 aromatic heterocycles. The Morgan fingerprint density at radius 2 is 1.70 bits per heavy atom. The largest absolute Gasteiger partial charge is 0.451 e. The Balaban J connectivity index is 1.52. The molecule has 0 spiro atoms. The van der Waals surface area contributed by atoms with E-state index in [0.717, 1.165) is 17.4 Å². The third kappa shape index (κ3) is 4.26. The molecule has 27 heavy (non-hydrogen) atoms. The number of hydrogen-bond acceptors (Lipinski definition) is 5. The van der Waals surface area contributed by atoms with Crippen molar-refractivity contribution in [3.8, 4) is 0 Å². The molecule has 0 bridgehead atoms. The number of fused-ring (bicyclic) bond motifs is 1. The van der Waals surface area contributed by atoms with Gasteiger partial charge in [0.25, 0.3) is 11.8 Å². The number of hydrazine groups is 1. The summed E-state index contributed by atoms with van der Waals surface area (Å²) in [5, 5.41) is 0.288. The summed E-state index contributed by atoms with van der Waals surface area (Å²) in [4.78, 5) is 35.5. The van der Waals surface area contributed by atoms with Gasteiger partial charge in [-0.25, -0.2) is 13.6 Å². The molecule has 2 N–H and O–H groups in total. The van der Waals surface area contributed by atoms with Crippen LogP contribution in [0.4, 0.5) is 8.78 Å². The van der Waals surface area contributed by atoms with Crippen molar-refractivity contribution < 1.29 is 27.9 Å². The Kier molecular flexibility index (Phi) is 5.41. The highest BCUT2D eigenvalue weighted by Crippen LogP contribution is 2.28. The number of benzene rings is 2. The first-order valence-corrected chi connectivity index (χ1v) is 8.46. The van der Waals surface area contributed by atoms with Gasteiger partial charge in [0.05, 0.1) is 5.56 Å². The topological polar surface area (TPSA) is 84.5 Å². The molecule has 0 saturated carbocycles. The van der Waals surface area contributed by atoms with Gasteiger partial charge < -0.3 is 4.74 Å². The van der Waals surface area contributed by atoms with Crippen LogP contribution in [-0.2, 0) is 9.53 Å². The third-order valence-corrected chi connectivity index (χ3v) is 4.56. The number of halogens is 2. The number of ether oxygens (including phenoxy) is 1. The third-order valence-electron chi connectivity index (χ3n) is 3.48. The zero-order chi connectivity index (χ0) is 19.4. The SMILES string of the molecule is O=C(COC(=O)c1cc2c(F)cccc2s1)NNC(=O)c1ccccc1F. The van der Waals surface area contributed by atoms with E-state index < -0.39 is 36.0 Å². The summed E-state index contributed by atoms with van der Waals surface area (Å²) in [6.07, 6.45) is 0. The van der Waals surface area contributed by atoms with Crippen LogP contribution in [0.15, 0.2) is 48.5 Å². The molecule has 1 heterocycles. The van der Waals surface area contributed by atoms with Crippen molar-refractivity contribution in [3.05, 3.63) is 70.6 Å². The molecule has 138 valence electrons. The summed E-state index contributed by atoms with van der Waals surface area (Å²) < 4.78 is 32.5. The first kappa shape index (κ1) is 18.5. The number of rotatable bonds is 4. The molecule has 0 radical (unpaired) electrons. The van der Waals surface area contributed by atoms with E-state index in [0.29, 0.717) is 4.70 Å². The normalized spacial score (nSPS) is 10.4. The van der Waals surface area contributed by atoms with Crippen molar-refractivity contribution in [1.82, 2.24) is 10.9 Å². The Morgan fingerprint density at radius 3 is 2.44 bits per heavy atom. The lowest BCUT2D eigenvalue weighted by Gasteiger charge is -2.08. The van der Waals surface area contributed by atoms with E-state index >= 15 is 0 Å². The van der Waals surface area contributed by atoms with Crippen molar-refractivity contribution in [3.63, 3.8) is 0 Å². The number of hydrogen-bond donors (Lipinski definition) is 2. The fourth-order valence-electron chi connectivity index (χ4n) is 2.20. The van der Waals surface area contributed by atoms with E-state index in [1.807, 2.05) is 10.9 Å². The van der Waals surface area contributed by atoms with E-state index in [2.05, 4.69) is 0 Å². The zero-order valence-electron chi connectivity index (χ0n) is 13.6. The maximum absolute atomic E-state index is 13.6. The van der Waals surface area contributed by atoms with Crippen molar-refractivity contribution >= 4 is 39.2 Å². The standard InChI is InChI=1S/C18H12F2N2O4S/c19-12-5-2-1-4-10(12)17(24)22-21-16(23)9-26-18(25)15-8-11-13(20)6-3-7-14(11)27-15/h1-8H,9H2,(H,21,23)(H,22,24). The summed E-state index contributed by atoms with van der Waals surface area (Å²) in [6.45, 7) is -0.673. The van der Waals surface area contributed by atoms with Gasteiger partial charge in [0, 0.05) is 10.1 Å². The fraction of sp³-hybridized carbons (Fsp3) is 0.0556. The average molecular weight is 390 g/mol. The molecule has 0 aliphatic carbocycles. The van der Waals surface area contributed by atoms with Crippen LogP contribution in [0.1, 0.15) is 20.0 Å². The van der Waals surface area contributed by atoms with E-state index in [9.17, 15) is 23.2 Å². The second-order valence-electron chi connectivity index (χ2n) is 5.32. The molecule has 0 aliphatic heterocycles. The Morgan fingerprint density at radius 1 is 0.963 bits per heavy atom. The lowest BCUT2D eigenvalue weighted by atomic mass is 10.2. The second-order valence-corrected chi connectivity index (χ2v) is 6.40. The first-order valence-electron chi connectivity index (χ1n) is 7.64. The van der Waals surface area contributed by atoms with Crippen LogP contribution in [0.5, 0.6) is 0 Å². The number of amides is 2. The predicted octanol–water partition coefficient (Wildman–Crippen LogP) is 2.80. The molecule has 0 aliphatic rings. The molecule has 3 rings (SSSR count). The van der Waals surface area contributed by atoms with Crippen molar-refractivity contribution in [1.29, 1.82) is 0 Å². The van der Waals surface area contributed by atoms with Gasteiger partial charge >= 0.3 is 5.97 Å². The summed E-state index contributed by atoms with van der Waals surface area (Å²) in [6, 6.07) is 11.0. The number of carbonyl (C=O) groups excluding carboxylic acids is 3. The molecule has 6 nitrogen and oxygen atoms in total. The summed E-state index contributed by atoms with van der Waals surface area (Å²) in [7, 11) is 0. The molecule has 2 amide bonds. The smallest absolute Gasteiger partial charge is 0.348 e. The van der Waals surface area contributed by atoms with Crippen molar-refractivity contribution in [2.24, 2.45) is 0 Å². The van der Waals surface area contributed by atoms with Crippen LogP contribution in [0.25, 0.3) is 10.1 Å². The fourth-order valence-corrected chi connectivity index (χ4v) is 3.17. The number of thiophene rings is 1. The van der Waals surface area contributed by atoms with Crippen molar-refractivity contribution in [2.75, 3.05) is 6.61 Å². The van der Waals surface area contributed by atoms with E-state index in [4.69, 9.17) is 4.74 Å². The summed E-state index contributed by atoms with van der Waals surface area (Å²) >= 11 is 1.03. The maximum atomic E-state index is 13.6. The van der Waals surface area contributed by atoms with Gasteiger partial charge in [-0.3, -0.25) is 20.4 Å². The number of esters is 1. The molecule has 2 aromatic carbocycles. The van der Waals surface area contributed by atoms with Gasteiger partial charge in [-0.05, 0) is 30.3 Å². The monoisotopic (exact) mass is 390 g/mol. The van der Waals surface area contributed by atoms with Crippen LogP contribution in [0.2, 0.25) is 0 Å². The zero-order valence-corrected chi connectivity index (χ0v) is 14.4. The Labute approximate surface area is 155 Å². The lowest BCUT2D eigenvalue weighted by molar-refractivity contribution is -0.125. The van der Waals surface area contributed by atoms with Gasteiger partial charge in [0.2, 0.25) is 0 Å². The van der Waals surface area contributed by atoms with Crippen LogP contribution < -0.4 is 10.9 Å². The number of nitrogens with one attached hydrogen (secondary N) is 2. The molecule has 9 heteroatoms. The van der Waals surface area contributed by atoms with Crippen LogP contribution in [0, 0.1) is 11.6 Å². The first-order chi connectivity index (χ1) is 13.0. The molecule has 0 unspecified atom stereocenters. The minimum Gasteiger partial charge on any atom is -0.451 e. The number of carbonyl (C=O) groups is 3. The van der Waals surface area contributed by atoms with Gasteiger partial charge in [-0.15, -0.1) is 11.3 Å². The highest BCUT2D eigenvalue weighted by atomic mass is 32.1. The van der Waals surface area contributed by atoms with Gasteiger partial charge in [-0.2, -0.15) is 0 Å². The molecular weight excluding hydrogens is 378 g/mol. The molecule has 0 atom stereocenters. The van der Waals surface area contributed by atoms with E-state index in [1.165, 1.54) is 36.4 Å². The molecule has 3 aromatic rings. The molecular formula is C18H12F2N2O4S. The van der Waals surface area contributed by atoms with Crippen LogP contribution >= 0.6 is 11.3 Å². The minimum absolute atomic E-state index is 0.137. The molecule has 0 saturated heterocycles. The summed E-state index contributed by atoms with van der Waals surface area (Å²) in [5.41, 5.74) is 3.78.